The van der Waals surface area contributed by atoms with E-state index < -0.39 is 26.7 Å². The van der Waals surface area contributed by atoms with E-state index >= 15 is 0 Å². The van der Waals surface area contributed by atoms with Gasteiger partial charge in [-0.3, -0.25) is 4.57 Å². The summed E-state index contributed by atoms with van der Waals surface area (Å²) in [5.74, 6) is 0. The standard InChI is InChI=1S/C9H23NO7P2.Na.2H2O/c1-3-4-5-7-10(2)8-6-9(11,18(12,13)14)19(15,16)17;;;/h11H,3-8H2,1-2H3,(H2,12,13,14)(H2,15,16,17);;2*1H2/q;+1;;/p-1. The molecule has 0 amide bonds. The zero-order valence-corrected chi connectivity index (χ0v) is 16.9. The molecule has 10 nitrogen and oxygen atoms in total. The van der Waals surface area contributed by atoms with Crippen molar-refractivity contribution in [3.8, 4) is 0 Å². The predicted octanol–water partition coefficient (Wildman–Crippen LogP) is -4.78. The molecule has 2 atom stereocenters. The van der Waals surface area contributed by atoms with Crippen molar-refractivity contribution < 1.29 is 74.3 Å². The minimum atomic E-state index is -5.58. The summed E-state index contributed by atoms with van der Waals surface area (Å²) in [7, 11) is -9.33. The summed E-state index contributed by atoms with van der Waals surface area (Å²) in [5, 5.41) is 6.17. The maximum atomic E-state index is 11.1. The summed E-state index contributed by atoms with van der Waals surface area (Å²) >= 11 is 0. The number of hydrogen-bond donors (Lipinski definition) is 4. The minimum absolute atomic E-state index is 0. The van der Waals surface area contributed by atoms with Crippen LogP contribution in [-0.4, -0.2) is 60.9 Å². The molecule has 0 aromatic heterocycles. The van der Waals surface area contributed by atoms with Crippen LogP contribution in [0, 0.1) is 0 Å². The van der Waals surface area contributed by atoms with E-state index in [0.29, 0.717) is 6.54 Å². The van der Waals surface area contributed by atoms with Crippen LogP contribution in [0.3, 0.4) is 0 Å². The molecule has 0 bridgehead atoms. The molecule has 0 aliphatic carbocycles. The van der Waals surface area contributed by atoms with Crippen molar-refractivity contribution >= 4 is 15.2 Å². The van der Waals surface area contributed by atoms with Crippen LogP contribution in [0.1, 0.15) is 32.6 Å². The Morgan fingerprint density at radius 3 is 1.86 bits per heavy atom. The monoisotopic (exact) mass is 377 g/mol. The van der Waals surface area contributed by atoms with Gasteiger partial charge in [0.25, 0.3) is 0 Å². The van der Waals surface area contributed by atoms with Gasteiger partial charge in [-0.05, 0) is 20.0 Å². The zero-order valence-electron chi connectivity index (χ0n) is 13.1. The van der Waals surface area contributed by atoms with E-state index in [-0.39, 0.29) is 47.1 Å². The van der Waals surface area contributed by atoms with Crippen molar-refractivity contribution in [2.24, 2.45) is 0 Å². The topological polar surface area (TPSA) is 204 Å². The fourth-order valence-corrected chi connectivity index (χ4v) is 3.63. The van der Waals surface area contributed by atoms with Gasteiger partial charge in [0.15, 0.2) is 7.60 Å². The van der Waals surface area contributed by atoms with E-state index in [2.05, 4.69) is 0 Å². The summed E-state index contributed by atoms with van der Waals surface area (Å²) in [6.45, 7) is 2.57. The second-order valence-electron chi connectivity index (χ2n) is 4.60. The van der Waals surface area contributed by atoms with Crippen LogP contribution in [0.4, 0.5) is 0 Å². The molecule has 0 heterocycles. The summed E-state index contributed by atoms with van der Waals surface area (Å²) in [4.78, 5) is 39.3. The third kappa shape index (κ3) is 9.44. The first kappa shape index (κ1) is 31.0. The number of hydrogen-bond acceptors (Lipinski definition) is 5. The van der Waals surface area contributed by atoms with Crippen molar-refractivity contribution in [1.82, 2.24) is 4.90 Å². The predicted molar refractivity (Wildman–Crippen MR) is 75.7 cm³/mol. The van der Waals surface area contributed by atoms with E-state index in [1.54, 1.807) is 11.9 Å². The molecule has 2 unspecified atom stereocenters. The van der Waals surface area contributed by atoms with Crippen LogP contribution in [0.15, 0.2) is 0 Å². The summed E-state index contributed by atoms with van der Waals surface area (Å²) in [5.41, 5.74) is 0. The van der Waals surface area contributed by atoms with Gasteiger partial charge in [-0.25, -0.2) is 0 Å². The smallest absolute Gasteiger partial charge is 0.776 e. The van der Waals surface area contributed by atoms with Gasteiger partial charge in [-0.15, -0.1) is 0 Å². The van der Waals surface area contributed by atoms with Crippen molar-refractivity contribution in [1.29, 1.82) is 0 Å². The van der Waals surface area contributed by atoms with Crippen molar-refractivity contribution in [3.63, 3.8) is 0 Å². The average molecular weight is 377 g/mol. The Morgan fingerprint density at radius 1 is 1.09 bits per heavy atom. The Hall–Kier alpha value is 1.14. The molecular weight excluding hydrogens is 351 g/mol. The molecule has 0 saturated heterocycles. The molecule has 0 radical (unpaired) electrons. The van der Waals surface area contributed by atoms with Crippen LogP contribution in [0.25, 0.3) is 0 Å². The molecule has 0 aromatic carbocycles. The Balaban J connectivity index is -0.000000540. The number of nitrogens with zero attached hydrogens (tertiary/aromatic N) is 1. The van der Waals surface area contributed by atoms with Crippen LogP contribution in [-0.2, 0) is 9.13 Å². The van der Waals surface area contributed by atoms with E-state index in [9.17, 15) is 19.1 Å². The van der Waals surface area contributed by atoms with Gasteiger partial charge in [0.05, 0.1) is 0 Å². The fourth-order valence-electron chi connectivity index (χ4n) is 1.54. The maximum Gasteiger partial charge on any atom is 1.00 e. The summed E-state index contributed by atoms with van der Waals surface area (Å²) < 4.78 is 22.1. The third-order valence-electron chi connectivity index (χ3n) is 2.89. The minimum Gasteiger partial charge on any atom is -0.776 e. The normalized spacial score (nSPS) is 16.5. The Labute approximate surface area is 152 Å². The van der Waals surface area contributed by atoms with E-state index in [4.69, 9.17) is 14.7 Å². The van der Waals surface area contributed by atoms with E-state index in [1.165, 1.54) is 0 Å². The van der Waals surface area contributed by atoms with Gasteiger partial charge in [0.2, 0.25) is 5.08 Å². The van der Waals surface area contributed by atoms with Gasteiger partial charge >= 0.3 is 37.2 Å². The van der Waals surface area contributed by atoms with Crippen LogP contribution < -0.4 is 34.5 Å². The first-order valence-electron chi connectivity index (χ1n) is 5.96. The van der Waals surface area contributed by atoms with Crippen molar-refractivity contribution in [2.75, 3.05) is 20.1 Å². The first-order valence-corrected chi connectivity index (χ1v) is 9.15. The molecule has 0 aromatic rings. The molecular formula is C9H26NNaO9P2. The maximum absolute atomic E-state index is 11.1. The SMILES string of the molecule is CCCCCN(C)CCC(O)(P(=O)([O-])O)P(=O)(O)O.O.O.[Na+]. The molecule has 0 spiro atoms. The Morgan fingerprint density at radius 2 is 1.55 bits per heavy atom. The van der Waals surface area contributed by atoms with Gasteiger partial charge in [0.1, 0.15) is 0 Å². The van der Waals surface area contributed by atoms with E-state index in [0.717, 1.165) is 19.3 Å². The molecule has 13 heteroatoms. The van der Waals surface area contributed by atoms with Crippen LogP contribution >= 0.6 is 15.2 Å². The second-order valence-corrected chi connectivity index (χ2v) is 8.56. The van der Waals surface area contributed by atoms with Gasteiger partial charge in [0, 0.05) is 13.0 Å². The summed E-state index contributed by atoms with van der Waals surface area (Å²) in [6.07, 6.45) is 2.09. The van der Waals surface area contributed by atoms with Crippen molar-refractivity contribution in [3.05, 3.63) is 0 Å². The number of aliphatic hydroxyl groups is 1. The van der Waals surface area contributed by atoms with Gasteiger partial charge in [-0.2, -0.15) is 0 Å². The average Bonchev–Trinajstić information content (AvgIpc) is 2.23. The quantitative estimate of drug-likeness (QED) is 0.174. The van der Waals surface area contributed by atoms with Crippen molar-refractivity contribution in [2.45, 2.75) is 37.7 Å². The molecule has 0 saturated carbocycles. The summed E-state index contributed by atoms with van der Waals surface area (Å²) in [6, 6.07) is 0. The number of unbranched alkanes of at least 4 members (excludes halogenated alkanes) is 2. The van der Waals surface area contributed by atoms with Gasteiger partial charge < -0.3 is 45.1 Å². The number of rotatable bonds is 9. The van der Waals surface area contributed by atoms with Crippen LogP contribution in [0.2, 0.25) is 0 Å². The zero-order chi connectivity index (χ0) is 15.3. The molecule has 8 N–H and O–H groups in total. The molecule has 0 fully saturated rings. The largest absolute Gasteiger partial charge is 1.00 e. The molecule has 22 heavy (non-hydrogen) atoms. The second kappa shape index (κ2) is 12.5. The molecule has 0 aliphatic heterocycles. The first-order chi connectivity index (χ1) is 8.45. The fraction of sp³-hybridized carbons (Fsp3) is 1.00. The van der Waals surface area contributed by atoms with Crippen LogP contribution in [0.5, 0.6) is 0 Å². The Kier molecular flexibility index (Phi) is 17.6. The third-order valence-corrected chi connectivity index (χ3v) is 6.72. The van der Waals surface area contributed by atoms with Gasteiger partial charge in [-0.1, -0.05) is 19.8 Å². The van der Waals surface area contributed by atoms with E-state index in [1.807, 2.05) is 6.92 Å². The Bertz CT molecular complexity index is 350. The molecule has 132 valence electrons. The molecule has 0 rings (SSSR count). The molecule has 0 aliphatic rings.